The van der Waals surface area contributed by atoms with E-state index < -0.39 is 0 Å². The van der Waals surface area contributed by atoms with E-state index >= 15 is 0 Å². The second kappa shape index (κ2) is 3.52. The molecule has 0 aliphatic rings. The lowest BCUT2D eigenvalue weighted by molar-refractivity contribution is 0.589. The highest BCUT2D eigenvalue weighted by atomic mass is 14.6. The summed E-state index contributed by atoms with van der Waals surface area (Å²) in [6.45, 7) is 13.0. The van der Waals surface area contributed by atoms with E-state index in [1.54, 1.807) is 18.2 Å². The molecule has 0 unspecified atom stereocenters. The lowest BCUT2D eigenvalue weighted by atomic mass is 9.84. The number of rotatable bonds is 0. The maximum atomic E-state index is 8.92. The average Bonchev–Trinajstić information content (AvgIpc) is 2.15. The van der Waals surface area contributed by atoms with Gasteiger partial charge in [-0.25, -0.2) is 4.85 Å². The first kappa shape index (κ1) is 10.3. The molecule has 0 fully saturated rings. The summed E-state index contributed by atoms with van der Waals surface area (Å²) in [5.41, 5.74) is 2.10. The molecule has 1 aromatic rings. The first-order valence-electron chi connectivity index (χ1n) is 4.41. The van der Waals surface area contributed by atoms with Crippen molar-refractivity contribution in [3.63, 3.8) is 0 Å². The molecule has 0 radical (unpaired) electrons. The maximum Gasteiger partial charge on any atom is 0.187 e. The Morgan fingerprint density at radius 1 is 1.36 bits per heavy atom. The zero-order valence-electron chi connectivity index (χ0n) is 8.63. The number of nitriles is 1. The van der Waals surface area contributed by atoms with E-state index in [0.717, 1.165) is 5.56 Å². The Bertz CT molecular complexity index is 425. The number of hydrogen-bond donors (Lipinski definition) is 0. The van der Waals surface area contributed by atoms with Gasteiger partial charge in [0, 0.05) is 0 Å². The van der Waals surface area contributed by atoms with Gasteiger partial charge >= 0.3 is 0 Å². The molecule has 0 aliphatic carbocycles. The van der Waals surface area contributed by atoms with Crippen molar-refractivity contribution in [1.82, 2.24) is 0 Å². The topological polar surface area (TPSA) is 28.1 Å². The number of benzene rings is 1. The second-order valence-electron chi connectivity index (χ2n) is 4.20. The molecule has 0 N–H and O–H groups in total. The van der Waals surface area contributed by atoms with Crippen molar-refractivity contribution in [1.29, 1.82) is 5.26 Å². The van der Waals surface area contributed by atoms with Crippen LogP contribution in [0.25, 0.3) is 4.85 Å². The van der Waals surface area contributed by atoms with Gasteiger partial charge in [-0.1, -0.05) is 39.0 Å². The summed E-state index contributed by atoms with van der Waals surface area (Å²) in [6.07, 6.45) is 0. The molecule has 0 aliphatic heterocycles. The second-order valence-corrected chi connectivity index (χ2v) is 4.20. The van der Waals surface area contributed by atoms with E-state index in [4.69, 9.17) is 11.8 Å². The highest BCUT2D eigenvalue weighted by Gasteiger charge is 2.17. The van der Waals surface area contributed by atoms with Gasteiger partial charge in [-0.15, -0.1) is 0 Å². The van der Waals surface area contributed by atoms with Gasteiger partial charge in [-0.3, -0.25) is 0 Å². The smallest absolute Gasteiger partial charge is 0.187 e. The highest BCUT2D eigenvalue weighted by molar-refractivity contribution is 5.54. The maximum absolute atomic E-state index is 8.92. The highest BCUT2D eigenvalue weighted by Crippen LogP contribution is 2.29. The molecule has 0 atom stereocenters. The van der Waals surface area contributed by atoms with Gasteiger partial charge in [0.25, 0.3) is 0 Å². The normalized spacial score (nSPS) is 10.4. The van der Waals surface area contributed by atoms with E-state index in [-0.39, 0.29) is 5.41 Å². The van der Waals surface area contributed by atoms with Crippen LogP contribution >= 0.6 is 0 Å². The number of nitrogens with zero attached hydrogens (tertiary/aromatic N) is 2. The Hall–Kier alpha value is -1.80. The fourth-order valence-corrected chi connectivity index (χ4v) is 1.32. The van der Waals surface area contributed by atoms with E-state index in [1.165, 1.54) is 0 Å². The molecule has 2 heteroatoms. The Kier molecular flexibility index (Phi) is 2.58. The summed E-state index contributed by atoms with van der Waals surface area (Å²) in [7, 11) is 0. The molecule has 0 saturated carbocycles. The summed E-state index contributed by atoms with van der Waals surface area (Å²) in [6, 6.07) is 7.35. The fraction of sp³-hybridized carbons (Fsp3) is 0.333. The van der Waals surface area contributed by atoms with E-state index in [2.05, 4.69) is 10.9 Å². The van der Waals surface area contributed by atoms with Gasteiger partial charge in [0.1, 0.15) is 0 Å². The van der Waals surface area contributed by atoms with Crippen molar-refractivity contribution >= 4 is 5.69 Å². The van der Waals surface area contributed by atoms with Crippen molar-refractivity contribution in [2.45, 2.75) is 26.2 Å². The van der Waals surface area contributed by atoms with E-state index in [1.807, 2.05) is 20.8 Å². The first-order chi connectivity index (χ1) is 6.49. The van der Waals surface area contributed by atoms with E-state index in [0.29, 0.717) is 11.3 Å². The molecular weight excluding hydrogens is 172 g/mol. The molecule has 0 spiro atoms. The summed E-state index contributed by atoms with van der Waals surface area (Å²) >= 11 is 0. The van der Waals surface area contributed by atoms with Crippen molar-refractivity contribution < 1.29 is 0 Å². The molecule has 0 saturated heterocycles. The van der Waals surface area contributed by atoms with Crippen LogP contribution in [0.4, 0.5) is 5.69 Å². The lowest BCUT2D eigenvalue weighted by Crippen LogP contribution is -2.12. The predicted molar refractivity (Wildman–Crippen MR) is 56.1 cm³/mol. The molecule has 70 valence electrons. The fourth-order valence-electron chi connectivity index (χ4n) is 1.32. The summed E-state index contributed by atoms with van der Waals surface area (Å²) < 4.78 is 0. The summed E-state index contributed by atoms with van der Waals surface area (Å²) in [4.78, 5) is 3.36. The van der Waals surface area contributed by atoms with Crippen molar-refractivity contribution in [3.05, 3.63) is 40.7 Å². The zero-order chi connectivity index (χ0) is 10.8. The third-order valence-corrected chi connectivity index (χ3v) is 2.06. The minimum atomic E-state index is -0.0915. The predicted octanol–water partition coefficient (Wildman–Crippen LogP) is 3.41. The Morgan fingerprint density at radius 3 is 2.43 bits per heavy atom. The van der Waals surface area contributed by atoms with Gasteiger partial charge in [0.2, 0.25) is 0 Å². The quantitative estimate of drug-likeness (QED) is 0.568. The third kappa shape index (κ3) is 1.92. The minimum Gasteiger partial charge on any atom is -0.238 e. The summed E-state index contributed by atoms with van der Waals surface area (Å²) in [5, 5.41) is 8.92. The van der Waals surface area contributed by atoms with Crippen LogP contribution in [0.15, 0.2) is 18.2 Å². The third-order valence-electron chi connectivity index (χ3n) is 2.06. The van der Waals surface area contributed by atoms with E-state index in [9.17, 15) is 0 Å². The van der Waals surface area contributed by atoms with Crippen molar-refractivity contribution in [2.24, 2.45) is 0 Å². The molecule has 14 heavy (non-hydrogen) atoms. The van der Waals surface area contributed by atoms with Crippen LogP contribution in [0.5, 0.6) is 0 Å². The molecule has 0 bridgehead atoms. The monoisotopic (exact) mass is 184 g/mol. The Morgan fingerprint density at radius 2 is 2.00 bits per heavy atom. The van der Waals surface area contributed by atoms with Crippen molar-refractivity contribution in [2.75, 3.05) is 0 Å². The SMILES string of the molecule is [C-]#[N+]c1ccc(C#N)c(C(C)(C)C)c1. The molecule has 1 rings (SSSR count). The standard InChI is InChI=1S/C12H12N2/c1-12(2,3)11-7-10(14-4)6-5-9(11)8-13/h5-7H,1-3H3. The summed E-state index contributed by atoms with van der Waals surface area (Å²) in [5.74, 6) is 0. The lowest BCUT2D eigenvalue weighted by Gasteiger charge is -2.20. The van der Waals surface area contributed by atoms with Crippen molar-refractivity contribution in [3.8, 4) is 6.07 Å². The zero-order valence-corrected chi connectivity index (χ0v) is 8.63. The molecule has 0 heterocycles. The van der Waals surface area contributed by atoms with Crippen LogP contribution in [0.1, 0.15) is 31.9 Å². The van der Waals surface area contributed by atoms with Crippen LogP contribution in [0.3, 0.4) is 0 Å². The molecule has 1 aromatic carbocycles. The van der Waals surface area contributed by atoms with Crippen LogP contribution < -0.4 is 0 Å². The Labute approximate surface area is 84.6 Å². The molecule has 0 amide bonds. The molecule has 0 aromatic heterocycles. The largest absolute Gasteiger partial charge is 0.238 e. The first-order valence-corrected chi connectivity index (χ1v) is 4.41. The minimum absolute atomic E-state index is 0.0915. The Balaban J connectivity index is 3.41. The van der Waals surface area contributed by atoms with Gasteiger partial charge in [-0.05, 0) is 11.0 Å². The van der Waals surface area contributed by atoms with Gasteiger partial charge in [0.15, 0.2) is 5.69 Å². The molecule has 2 nitrogen and oxygen atoms in total. The van der Waals surface area contributed by atoms with Gasteiger partial charge < -0.3 is 0 Å². The molecular formula is C12H12N2. The van der Waals surface area contributed by atoms with Gasteiger partial charge in [-0.2, -0.15) is 5.26 Å². The number of hydrogen-bond acceptors (Lipinski definition) is 1. The van der Waals surface area contributed by atoms with Crippen LogP contribution in [-0.2, 0) is 5.41 Å². The van der Waals surface area contributed by atoms with Crippen LogP contribution in [0, 0.1) is 17.9 Å². The van der Waals surface area contributed by atoms with Crippen LogP contribution in [-0.4, -0.2) is 0 Å². The van der Waals surface area contributed by atoms with Crippen LogP contribution in [0.2, 0.25) is 0 Å². The average molecular weight is 184 g/mol. The van der Waals surface area contributed by atoms with Gasteiger partial charge in [0.05, 0.1) is 18.2 Å².